The number of methoxy groups -OCH3 is 1. The highest BCUT2D eigenvalue weighted by Gasteiger charge is 1.98. The number of nitrogens with zero attached hydrogens (tertiary/aromatic N) is 1. The Morgan fingerprint density at radius 1 is 1.12 bits per heavy atom. The minimum atomic E-state index is 0. The van der Waals surface area contributed by atoms with Crippen molar-refractivity contribution in [3.63, 3.8) is 0 Å². The zero-order chi connectivity index (χ0) is 16.5. The summed E-state index contributed by atoms with van der Waals surface area (Å²) in [6.45, 7) is 3.67. The van der Waals surface area contributed by atoms with Crippen LogP contribution < -0.4 is 15.8 Å². The van der Waals surface area contributed by atoms with Crippen LogP contribution in [-0.2, 0) is 11.3 Å². The molecule has 130 valence electrons. The lowest BCUT2D eigenvalue weighted by molar-refractivity contribution is 0.146. The average Bonchev–Trinajstić information content (AvgIpc) is 2.54. The van der Waals surface area contributed by atoms with E-state index in [-0.39, 0.29) is 24.0 Å². The molecule has 6 heteroatoms. The van der Waals surface area contributed by atoms with E-state index in [1.165, 1.54) is 5.56 Å². The van der Waals surface area contributed by atoms with Crippen LogP contribution in [0.1, 0.15) is 11.1 Å². The summed E-state index contributed by atoms with van der Waals surface area (Å²) in [5.74, 6) is 1.22. The molecule has 0 aromatic heterocycles. The summed E-state index contributed by atoms with van der Waals surface area (Å²) >= 11 is 0. The molecule has 0 amide bonds. The van der Waals surface area contributed by atoms with Gasteiger partial charge in [-0.25, -0.2) is 4.99 Å². The lowest BCUT2D eigenvalue weighted by Gasteiger charge is -2.07. The van der Waals surface area contributed by atoms with E-state index >= 15 is 0 Å². The molecule has 0 spiro atoms. The number of nitrogens with two attached hydrogens (primary N) is 1. The predicted octanol–water partition coefficient (Wildman–Crippen LogP) is 3.57. The third-order valence-electron chi connectivity index (χ3n) is 3.20. The maximum absolute atomic E-state index is 5.91. The van der Waals surface area contributed by atoms with Gasteiger partial charge in [-0.2, -0.15) is 0 Å². The number of anilines is 1. The van der Waals surface area contributed by atoms with Crippen molar-refractivity contribution in [2.75, 3.05) is 25.6 Å². The van der Waals surface area contributed by atoms with E-state index in [1.807, 2.05) is 55.5 Å². The molecule has 0 aliphatic rings. The maximum atomic E-state index is 5.91. The van der Waals surface area contributed by atoms with Crippen LogP contribution in [0.15, 0.2) is 53.5 Å². The summed E-state index contributed by atoms with van der Waals surface area (Å²) in [7, 11) is 1.65. The summed E-state index contributed by atoms with van der Waals surface area (Å²) in [6.07, 6.45) is 0. The summed E-state index contributed by atoms with van der Waals surface area (Å²) in [5, 5.41) is 3.09. The highest BCUT2D eigenvalue weighted by molar-refractivity contribution is 14.0. The Morgan fingerprint density at radius 2 is 1.88 bits per heavy atom. The number of ether oxygens (including phenoxy) is 2. The first-order valence-corrected chi connectivity index (χ1v) is 7.51. The van der Waals surface area contributed by atoms with Gasteiger partial charge in [0.25, 0.3) is 0 Å². The fourth-order valence-electron chi connectivity index (χ4n) is 2.02. The van der Waals surface area contributed by atoms with Gasteiger partial charge in [0.2, 0.25) is 0 Å². The molecule has 2 aromatic carbocycles. The minimum absolute atomic E-state index is 0. The van der Waals surface area contributed by atoms with Crippen molar-refractivity contribution in [3.05, 3.63) is 59.7 Å². The monoisotopic (exact) mass is 441 g/mol. The average molecular weight is 441 g/mol. The highest BCUT2D eigenvalue weighted by Crippen LogP contribution is 2.13. The Morgan fingerprint density at radius 3 is 2.54 bits per heavy atom. The van der Waals surface area contributed by atoms with Gasteiger partial charge >= 0.3 is 0 Å². The van der Waals surface area contributed by atoms with Crippen molar-refractivity contribution >= 4 is 35.6 Å². The van der Waals surface area contributed by atoms with Gasteiger partial charge in [0, 0.05) is 12.8 Å². The smallest absolute Gasteiger partial charge is 0.193 e. The van der Waals surface area contributed by atoms with Crippen LogP contribution in [-0.4, -0.2) is 26.3 Å². The van der Waals surface area contributed by atoms with Gasteiger partial charge in [0.1, 0.15) is 12.4 Å². The molecule has 24 heavy (non-hydrogen) atoms. The van der Waals surface area contributed by atoms with Crippen LogP contribution in [0, 0.1) is 6.92 Å². The number of halogens is 1. The van der Waals surface area contributed by atoms with Crippen LogP contribution in [0.3, 0.4) is 0 Å². The molecule has 0 saturated heterocycles. The van der Waals surface area contributed by atoms with Crippen LogP contribution in [0.2, 0.25) is 0 Å². The first kappa shape index (κ1) is 20.2. The number of aliphatic imine (C=N–C) groups is 1. The molecule has 0 radical (unpaired) electrons. The molecule has 2 aromatic rings. The van der Waals surface area contributed by atoms with Crippen molar-refractivity contribution in [2.45, 2.75) is 13.5 Å². The van der Waals surface area contributed by atoms with Gasteiger partial charge in [0.15, 0.2) is 5.96 Å². The van der Waals surface area contributed by atoms with Gasteiger partial charge in [-0.3, -0.25) is 0 Å². The molecule has 5 nitrogen and oxygen atoms in total. The van der Waals surface area contributed by atoms with E-state index < -0.39 is 0 Å². The summed E-state index contributed by atoms with van der Waals surface area (Å²) in [5.41, 5.74) is 9.09. The Labute approximate surface area is 160 Å². The van der Waals surface area contributed by atoms with Crippen LogP contribution >= 0.6 is 24.0 Å². The lowest BCUT2D eigenvalue weighted by atomic mass is 10.2. The zero-order valence-electron chi connectivity index (χ0n) is 14.0. The fraction of sp³-hybridized carbons (Fsp3) is 0.278. The number of guanidine groups is 1. The molecular formula is C18H24IN3O2. The molecule has 0 saturated carbocycles. The molecule has 0 unspecified atom stereocenters. The lowest BCUT2D eigenvalue weighted by Crippen LogP contribution is -2.22. The molecular weight excluding hydrogens is 417 g/mol. The topological polar surface area (TPSA) is 68.9 Å². The molecule has 0 bridgehead atoms. The van der Waals surface area contributed by atoms with Crippen molar-refractivity contribution in [3.8, 4) is 5.75 Å². The summed E-state index contributed by atoms with van der Waals surface area (Å²) in [4.78, 5) is 4.35. The second-order valence-electron chi connectivity index (χ2n) is 5.18. The third kappa shape index (κ3) is 7.18. The molecule has 0 heterocycles. The van der Waals surface area contributed by atoms with Gasteiger partial charge in [-0.1, -0.05) is 24.3 Å². The number of hydrogen-bond donors (Lipinski definition) is 2. The van der Waals surface area contributed by atoms with E-state index in [4.69, 9.17) is 15.2 Å². The van der Waals surface area contributed by atoms with Crippen molar-refractivity contribution < 1.29 is 9.47 Å². The van der Waals surface area contributed by atoms with Crippen LogP contribution in [0.25, 0.3) is 0 Å². The normalized spacial score (nSPS) is 10.8. The number of rotatable bonds is 7. The number of hydrogen-bond acceptors (Lipinski definition) is 3. The van der Waals surface area contributed by atoms with E-state index in [2.05, 4.69) is 10.3 Å². The number of aryl methyl sites for hydroxylation is 1. The zero-order valence-corrected chi connectivity index (χ0v) is 16.3. The van der Waals surface area contributed by atoms with Crippen LogP contribution in [0.5, 0.6) is 5.75 Å². The molecule has 0 aliphatic heterocycles. The molecule has 0 fully saturated rings. The van der Waals surface area contributed by atoms with E-state index in [0.717, 1.165) is 17.0 Å². The Kier molecular flexibility index (Phi) is 9.18. The number of benzene rings is 2. The SMILES string of the molecule is COCCOc1ccc(CN=C(N)Nc2cccc(C)c2)cc1.I. The van der Waals surface area contributed by atoms with Crippen molar-refractivity contribution in [2.24, 2.45) is 10.7 Å². The van der Waals surface area contributed by atoms with Crippen molar-refractivity contribution in [1.29, 1.82) is 0 Å². The van der Waals surface area contributed by atoms with Gasteiger partial charge < -0.3 is 20.5 Å². The van der Waals surface area contributed by atoms with E-state index in [9.17, 15) is 0 Å². The third-order valence-corrected chi connectivity index (χ3v) is 3.20. The molecule has 3 N–H and O–H groups in total. The van der Waals surface area contributed by atoms with Gasteiger partial charge in [0.05, 0.1) is 13.2 Å². The van der Waals surface area contributed by atoms with Crippen LogP contribution in [0.4, 0.5) is 5.69 Å². The van der Waals surface area contributed by atoms with E-state index in [1.54, 1.807) is 7.11 Å². The Balaban J connectivity index is 0.00000288. The largest absolute Gasteiger partial charge is 0.491 e. The quantitative estimate of drug-likeness (QED) is 0.299. The second-order valence-corrected chi connectivity index (χ2v) is 5.18. The molecule has 2 rings (SSSR count). The fourth-order valence-corrected chi connectivity index (χ4v) is 2.02. The Bertz CT molecular complexity index is 645. The van der Waals surface area contributed by atoms with Crippen molar-refractivity contribution in [1.82, 2.24) is 0 Å². The summed E-state index contributed by atoms with van der Waals surface area (Å²) in [6, 6.07) is 15.8. The standard InChI is InChI=1S/C18H23N3O2.HI/c1-14-4-3-5-16(12-14)21-18(19)20-13-15-6-8-17(9-7-15)23-11-10-22-2;/h3-9,12H,10-11,13H2,1-2H3,(H3,19,20,21);1H. The summed E-state index contributed by atoms with van der Waals surface area (Å²) < 4.78 is 10.5. The molecule has 0 aliphatic carbocycles. The first-order valence-electron chi connectivity index (χ1n) is 7.51. The number of nitrogens with one attached hydrogen (secondary N) is 1. The second kappa shape index (κ2) is 10.9. The van der Waals surface area contributed by atoms with E-state index in [0.29, 0.717) is 25.7 Å². The minimum Gasteiger partial charge on any atom is -0.491 e. The predicted molar refractivity (Wildman–Crippen MR) is 109 cm³/mol. The van der Waals surface area contributed by atoms with Gasteiger partial charge in [-0.05, 0) is 42.3 Å². The molecule has 0 atom stereocenters. The highest BCUT2D eigenvalue weighted by atomic mass is 127. The van der Waals surface area contributed by atoms with Gasteiger partial charge in [-0.15, -0.1) is 24.0 Å². The first-order chi connectivity index (χ1) is 11.2. The Hall–Kier alpha value is -1.80. The maximum Gasteiger partial charge on any atom is 0.193 e.